The lowest BCUT2D eigenvalue weighted by Gasteiger charge is -2.50. The summed E-state index contributed by atoms with van der Waals surface area (Å²) >= 11 is 0. The largest absolute Gasteiger partial charge is 0.477 e. The summed E-state index contributed by atoms with van der Waals surface area (Å²) in [7, 11) is 0. The van der Waals surface area contributed by atoms with Crippen LogP contribution in [0.5, 0.6) is 0 Å². The van der Waals surface area contributed by atoms with E-state index in [1.165, 1.54) is 0 Å². The number of aliphatic hydroxyl groups excluding tert-OH is 10. The monoisotopic (exact) mass is 675 g/mol. The van der Waals surface area contributed by atoms with Crippen LogP contribution in [0.1, 0.15) is 20.3 Å². The Labute approximate surface area is 260 Å². The van der Waals surface area contributed by atoms with Gasteiger partial charge in [-0.05, 0) is 0 Å². The molecule has 15 atom stereocenters. The van der Waals surface area contributed by atoms with Crippen LogP contribution < -0.4 is 5.32 Å². The van der Waals surface area contributed by atoms with Crippen molar-refractivity contribution in [3.8, 4) is 0 Å². The number of aliphatic hydroxyl groups is 10. The van der Waals surface area contributed by atoms with Crippen molar-refractivity contribution in [3.63, 3.8) is 0 Å². The van der Waals surface area contributed by atoms with Crippen LogP contribution in [0.3, 0.4) is 0 Å². The molecule has 1 unspecified atom stereocenters. The van der Waals surface area contributed by atoms with Crippen molar-refractivity contribution in [1.82, 2.24) is 5.32 Å². The topological polar surface area (TPSA) is 349 Å². The molecular weight excluding hydrogens is 634 g/mol. The van der Waals surface area contributed by atoms with Gasteiger partial charge >= 0.3 is 11.9 Å². The van der Waals surface area contributed by atoms with Crippen LogP contribution >= 0.6 is 0 Å². The van der Waals surface area contributed by atoms with E-state index in [1.54, 1.807) is 0 Å². The molecule has 0 aliphatic carbocycles. The third kappa shape index (κ3) is 9.11. The molecule has 46 heavy (non-hydrogen) atoms. The summed E-state index contributed by atoms with van der Waals surface area (Å²) in [6.07, 6.45) is -28.1. The smallest absolute Gasteiger partial charge is 0.364 e. The van der Waals surface area contributed by atoms with Crippen molar-refractivity contribution >= 4 is 24.1 Å². The lowest BCUT2D eigenvalue weighted by molar-refractivity contribution is -0.377. The average molecular weight is 676 g/mol. The van der Waals surface area contributed by atoms with Gasteiger partial charge in [0.05, 0.1) is 32.3 Å². The molecule has 2 aliphatic heterocycles. The molecule has 1 amide bonds. The predicted octanol–water partition coefficient (Wildman–Crippen LogP) is -7.81. The van der Waals surface area contributed by atoms with E-state index >= 15 is 0 Å². The molecule has 21 nitrogen and oxygen atoms in total. The standard InChI is InChI=1S/C25H41NO20/c1-8(31)26-15-13(42-9(2)32)3-25(24(40)41,45-21(15)17(37)11(34)5-28)46-22-18(38)14(7-30)43-23(19(22)39)44-20(12(35)6-29)16(36)10(33)4-27/h4,10-23,28-30,33-39H,3,5-7H2,1-2H3,(H,26,31)(H,40,41)/t10-,11+,12+,13-,14+,15+,16+,17+,18-,19+,20+,21?,22-,23-,25-/m0/s1. The molecule has 2 aliphatic rings. The number of hydrogen-bond acceptors (Lipinski definition) is 19. The average Bonchev–Trinajstić information content (AvgIpc) is 3.01. The van der Waals surface area contributed by atoms with Crippen molar-refractivity contribution in [2.75, 3.05) is 19.8 Å². The highest BCUT2D eigenvalue weighted by Crippen LogP contribution is 2.38. The molecule has 2 heterocycles. The van der Waals surface area contributed by atoms with Crippen LogP contribution in [-0.4, -0.2) is 191 Å². The predicted molar refractivity (Wildman–Crippen MR) is 141 cm³/mol. The number of carbonyl (C=O) groups is 4. The van der Waals surface area contributed by atoms with E-state index in [0.717, 1.165) is 13.8 Å². The minimum Gasteiger partial charge on any atom is -0.477 e. The minimum absolute atomic E-state index is 0.140. The van der Waals surface area contributed by atoms with Gasteiger partial charge in [0.2, 0.25) is 5.91 Å². The molecule has 0 aromatic heterocycles. The van der Waals surface area contributed by atoms with E-state index in [1.807, 2.05) is 0 Å². The second-order valence-electron chi connectivity index (χ2n) is 10.7. The van der Waals surface area contributed by atoms with Gasteiger partial charge in [-0.3, -0.25) is 9.59 Å². The molecule has 2 fully saturated rings. The lowest BCUT2D eigenvalue weighted by atomic mass is 9.87. The quantitative estimate of drug-likeness (QED) is 0.0533. The number of carboxylic acid groups (broad SMARTS) is 1. The van der Waals surface area contributed by atoms with Crippen molar-refractivity contribution < 1.29 is 99.0 Å². The molecule has 12 N–H and O–H groups in total. The van der Waals surface area contributed by atoms with Crippen molar-refractivity contribution in [1.29, 1.82) is 0 Å². The number of rotatable bonds is 16. The van der Waals surface area contributed by atoms with Gasteiger partial charge in [-0.25, -0.2) is 4.79 Å². The van der Waals surface area contributed by atoms with Gasteiger partial charge in [-0.15, -0.1) is 0 Å². The van der Waals surface area contributed by atoms with Crippen LogP contribution in [0, 0.1) is 0 Å². The van der Waals surface area contributed by atoms with Crippen LogP contribution in [0.25, 0.3) is 0 Å². The Balaban J connectivity index is 2.60. The Bertz CT molecular complexity index is 1030. The zero-order valence-electron chi connectivity index (χ0n) is 24.6. The van der Waals surface area contributed by atoms with Crippen LogP contribution in [0.2, 0.25) is 0 Å². The third-order valence-electron chi connectivity index (χ3n) is 7.31. The Morgan fingerprint density at radius 2 is 1.61 bits per heavy atom. The number of nitrogens with one attached hydrogen (secondary N) is 1. The van der Waals surface area contributed by atoms with E-state index < -0.39 is 135 Å². The van der Waals surface area contributed by atoms with E-state index in [-0.39, 0.29) is 6.29 Å². The fraction of sp³-hybridized carbons (Fsp3) is 0.840. The zero-order valence-corrected chi connectivity index (χ0v) is 24.6. The molecule has 0 bridgehead atoms. The van der Waals surface area contributed by atoms with E-state index in [0.29, 0.717) is 0 Å². The van der Waals surface area contributed by atoms with E-state index in [2.05, 4.69) is 5.32 Å². The highest BCUT2D eigenvalue weighted by atomic mass is 16.8. The molecule has 0 aromatic carbocycles. The summed E-state index contributed by atoms with van der Waals surface area (Å²) in [5, 5.41) is 114. The Kier molecular flexibility index (Phi) is 14.7. The maximum atomic E-state index is 12.8. The first-order valence-corrected chi connectivity index (χ1v) is 13.9. The number of aliphatic carboxylic acids is 1. The molecule has 0 saturated carbocycles. The van der Waals surface area contributed by atoms with Crippen LogP contribution in [-0.2, 0) is 42.9 Å². The van der Waals surface area contributed by atoms with Gasteiger partial charge in [-0.2, -0.15) is 0 Å². The number of aldehydes is 1. The summed E-state index contributed by atoms with van der Waals surface area (Å²) in [4.78, 5) is 47.7. The number of ether oxygens (including phenoxy) is 5. The summed E-state index contributed by atoms with van der Waals surface area (Å²) in [6.45, 7) is -1.32. The Morgan fingerprint density at radius 3 is 2.09 bits per heavy atom. The molecule has 266 valence electrons. The zero-order chi connectivity index (χ0) is 35.1. The van der Waals surface area contributed by atoms with Gasteiger partial charge < -0.3 is 90.0 Å². The maximum Gasteiger partial charge on any atom is 0.364 e. The fourth-order valence-corrected chi connectivity index (χ4v) is 5.01. The SMILES string of the molecule is CC(=O)N[C@H]1C([C@H](O)[C@H](O)CO)O[C@@](O[C@H]2[C@@H](O)[C@@H](CO)O[C@@H](O[C@@H]([C@H](O)[C@@H](O)C=O)[C@H](O)CO)[C@@H]2O)(C(=O)O)C[C@@H]1OC(C)=O. The van der Waals surface area contributed by atoms with Gasteiger partial charge in [0.1, 0.15) is 73.2 Å². The first-order valence-electron chi connectivity index (χ1n) is 13.9. The maximum absolute atomic E-state index is 12.8. The highest BCUT2D eigenvalue weighted by molar-refractivity contribution is 5.77. The van der Waals surface area contributed by atoms with Crippen LogP contribution in [0.15, 0.2) is 0 Å². The number of amides is 1. The number of carboxylic acids is 1. The number of hydrogen-bond donors (Lipinski definition) is 12. The van der Waals surface area contributed by atoms with Gasteiger partial charge in [0.15, 0.2) is 12.6 Å². The summed E-state index contributed by atoms with van der Waals surface area (Å²) in [5.41, 5.74) is 0. The molecule has 21 heteroatoms. The van der Waals surface area contributed by atoms with E-state index in [4.69, 9.17) is 23.7 Å². The highest BCUT2D eigenvalue weighted by Gasteiger charge is 2.60. The second-order valence-corrected chi connectivity index (χ2v) is 10.7. The minimum atomic E-state index is -3.11. The lowest BCUT2D eigenvalue weighted by Crippen LogP contribution is -2.71. The van der Waals surface area contributed by atoms with Crippen molar-refractivity contribution in [2.45, 2.75) is 112 Å². The molecule has 0 spiro atoms. The molecule has 0 aromatic rings. The van der Waals surface area contributed by atoms with Gasteiger partial charge in [0.25, 0.3) is 5.79 Å². The van der Waals surface area contributed by atoms with Crippen molar-refractivity contribution in [3.05, 3.63) is 0 Å². The van der Waals surface area contributed by atoms with Gasteiger partial charge in [-0.1, -0.05) is 0 Å². The fourth-order valence-electron chi connectivity index (χ4n) is 5.01. The second kappa shape index (κ2) is 17.1. The first kappa shape index (κ1) is 39.7. The van der Waals surface area contributed by atoms with Crippen LogP contribution in [0.4, 0.5) is 0 Å². The normalized spacial score (nSPS) is 35.6. The summed E-state index contributed by atoms with van der Waals surface area (Å²) in [6, 6.07) is -1.56. The van der Waals surface area contributed by atoms with Gasteiger partial charge in [0, 0.05) is 13.8 Å². The van der Waals surface area contributed by atoms with E-state index in [9.17, 15) is 75.3 Å². The Morgan fingerprint density at radius 1 is 1.00 bits per heavy atom. The molecule has 2 saturated heterocycles. The number of esters is 1. The van der Waals surface area contributed by atoms with Crippen molar-refractivity contribution in [2.24, 2.45) is 0 Å². The number of carbonyl (C=O) groups excluding carboxylic acids is 3. The molecule has 0 radical (unpaired) electrons. The molecule has 2 rings (SSSR count). The summed E-state index contributed by atoms with van der Waals surface area (Å²) < 4.78 is 26.9. The Hall–Kier alpha value is -2.48. The summed E-state index contributed by atoms with van der Waals surface area (Å²) in [5.74, 6) is -6.93. The third-order valence-corrected chi connectivity index (χ3v) is 7.31. The first-order chi connectivity index (χ1) is 21.5. The molecular formula is C25H41NO20.